The minimum absolute atomic E-state index is 0.0280. The van der Waals surface area contributed by atoms with E-state index in [1.54, 1.807) is 43.4 Å². The fraction of sp³-hybridized carbons (Fsp3) is 0.423. The SMILES string of the molecule is COc1ccc(C(=O)NCCN2CCN(C(=O)C3CC(=O)N(c4ccc(OC)cc4)C3)CC2)cc1. The van der Waals surface area contributed by atoms with Crippen molar-refractivity contribution in [3.05, 3.63) is 54.1 Å². The summed E-state index contributed by atoms with van der Waals surface area (Å²) in [5.74, 6) is 1.02. The molecule has 35 heavy (non-hydrogen) atoms. The van der Waals surface area contributed by atoms with E-state index in [1.165, 1.54) is 0 Å². The van der Waals surface area contributed by atoms with Crippen LogP contribution in [-0.2, 0) is 9.59 Å². The Labute approximate surface area is 205 Å². The monoisotopic (exact) mass is 480 g/mol. The maximum Gasteiger partial charge on any atom is 0.251 e. The number of rotatable bonds is 8. The molecule has 2 aliphatic heterocycles. The van der Waals surface area contributed by atoms with Crippen LogP contribution < -0.4 is 19.7 Å². The fourth-order valence-electron chi connectivity index (χ4n) is 4.51. The van der Waals surface area contributed by atoms with Crippen LogP contribution in [0.25, 0.3) is 0 Å². The minimum atomic E-state index is -0.320. The summed E-state index contributed by atoms with van der Waals surface area (Å²) in [6, 6.07) is 14.3. The zero-order valence-corrected chi connectivity index (χ0v) is 20.2. The second kappa shape index (κ2) is 11.2. The first-order chi connectivity index (χ1) is 17.0. The predicted octanol–water partition coefficient (Wildman–Crippen LogP) is 1.63. The predicted molar refractivity (Wildman–Crippen MR) is 132 cm³/mol. The molecule has 9 nitrogen and oxygen atoms in total. The van der Waals surface area contributed by atoms with Crippen molar-refractivity contribution in [1.82, 2.24) is 15.1 Å². The lowest BCUT2D eigenvalue weighted by molar-refractivity contribution is -0.137. The van der Waals surface area contributed by atoms with Crippen LogP contribution in [0.3, 0.4) is 0 Å². The molecule has 0 bridgehead atoms. The molecule has 2 aromatic carbocycles. The molecule has 1 atom stereocenters. The van der Waals surface area contributed by atoms with Gasteiger partial charge in [0, 0.05) is 63.5 Å². The van der Waals surface area contributed by atoms with Gasteiger partial charge in [-0.1, -0.05) is 0 Å². The number of anilines is 1. The molecule has 0 saturated carbocycles. The second-order valence-corrected chi connectivity index (χ2v) is 8.75. The Balaban J connectivity index is 1.20. The van der Waals surface area contributed by atoms with Gasteiger partial charge in [-0.25, -0.2) is 0 Å². The van der Waals surface area contributed by atoms with Crippen LogP contribution in [0.1, 0.15) is 16.8 Å². The third kappa shape index (κ3) is 5.92. The third-order valence-corrected chi connectivity index (χ3v) is 6.61. The van der Waals surface area contributed by atoms with E-state index < -0.39 is 0 Å². The highest BCUT2D eigenvalue weighted by molar-refractivity contribution is 6.00. The smallest absolute Gasteiger partial charge is 0.251 e. The van der Waals surface area contributed by atoms with Crippen molar-refractivity contribution in [2.75, 3.05) is 64.9 Å². The largest absolute Gasteiger partial charge is 0.497 e. The zero-order valence-electron chi connectivity index (χ0n) is 20.2. The number of nitrogens with one attached hydrogen (secondary N) is 1. The molecular weight excluding hydrogens is 448 g/mol. The first-order valence-corrected chi connectivity index (χ1v) is 11.9. The molecule has 2 heterocycles. The molecule has 2 saturated heterocycles. The summed E-state index contributed by atoms with van der Waals surface area (Å²) in [6.45, 7) is 4.39. The van der Waals surface area contributed by atoms with Crippen LogP contribution in [0.2, 0.25) is 0 Å². The zero-order chi connectivity index (χ0) is 24.8. The summed E-state index contributed by atoms with van der Waals surface area (Å²) >= 11 is 0. The lowest BCUT2D eigenvalue weighted by atomic mass is 10.1. The molecule has 3 amide bonds. The minimum Gasteiger partial charge on any atom is -0.497 e. The van der Waals surface area contributed by atoms with Gasteiger partial charge in [-0.2, -0.15) is 0 Å². The van der Waals surface area contributed by atoms with Crippen molar-refractivity contribution < 1.29 is 23.9 Å². The Morgan fingerprint density at radius 1 is 0.914 bits per heavy atom. The lowest BCUT2D eigenvalue weighted by Crippen LogP contribution is -2.51. The van der Waals surface area contributed by atoms with Crippen LogP contribution >= 0.6 is 0 Å². The molecule has 1 unspecified atom stereocenters. The van der Waals surface area contributed by atoms with Crippen molar-refractivity contribution in [2.45, 2.75) is 6.42 Å². The summed E-state index contributed by atoms with van der Waals surface area (Å²) in [5.41, 5.74) is 1.38. The summed E-state index contributed by atoms with van der Waals surface area (Å²) in [6.07, 6.45) is 0.239. The van der Waals surface area contributed by atoms with Gasteiger partial charge in [-0.15, -0.1) is 0 Å². The highest BCUT2D eigenvalue weighted by Crippen LogP contribution is 2.28. The van der Waals surface area contributed by atoms with E-state index in [0.29, 0.717) is 37.5 Å². The normalized spacial score (nSPS) is 18.5. The molecule has 4 rings (SSSR count). The van der Waals surface area contributed by atoms with Gasteiger partial charge in [-0.3, -0.25) is 19.3 Å². The van der Waals surface area contributed by atoms with Gasteiger partial charge in [0.05, 0.1) is 20.1 Å². The lowest BCUT2D eigenvalue weighted by Gasteiger charge is -2.35. The highest BCUT2D eigenvalue weighted by atomic mass is 16.5. The van der Waals surface area contributed by atoms with Gasteiger partial charge in [0.1, 0.15) is 11.5 Å². The Kier molecular flexibility index (Phi) is 7.87. The number of benzene rings is 2. The Morgan fingerprint density at radius 3 is 2.11 bits per heavy atom. The summed E-state index contributed by atoms with van der Waals surface area (Å²) < 4.78 is 10.3. The molecule has 0 spiro atoms. The number of carbonyl (C=O) groups is 3. The number of carbonyl (C=O) groups excluding carboxylic acids is 3. The fourth-order valence-corrected chi connectivity index (χ4v) is 4.51. The Bertz CT molecular complexity index is 1030. The maximum absolute atomic E-state index is 13.1. The summed E-state index contributed by atoms with van der Waals surface area (Å²) in [7, 11) is 3.19. The van der Waals surface area contributed by atoms with Crippen molar-refractivity contribution in [3.8, 4) is 11.5 Å². The molecule has 2 aliphatic rings. The average Bonchev–Trinajstić information content (AvgIpc) is 3.30. The van der Waals surface area contributed by atoms with E-state index in [1.807, 2.05) is 29.2 Å². The standard InChI is InChI=1S/C26H32N4O5/c1-34-22-7-3-19(4-8-22)25(32)27-11-12-28-13-15-29(16-14-28)26(33)20-17-24(31)30(18-20)21-5-9-23(35-2)10-6-21/h3-10,20H,11-18H2,1-2H3,(H,27,32). The van der Waals surface area contributed by atoms with E-state index in [0.717, 1.165) is 31.1 Å². The number of nitrogens with zero attached hydrogens (tertiary/aromatic N) is 3. The maximum atomic E-state index is 13.1. The molecule has 2 aromatic rings. The number of ether oxygens (including phenoxy) is 2. The van der Waals surface area contributed by atoms with Crippen LogP contribution in [0.4, 0.5) is 5.69 Å². The topological polar surface area (TPSA) is 91.4 Å². The van der Waals surface area contributed by atoms with Gasteiger partial charge >= 0.3 is 0 Å². The molecule has 0 radical (unpaired) electrons. The first-order valence-electron chi connectivity index (χ1n) is 11.9. The third-order valence-electron chi connectivity index (χ3n) is 6.61. The van der Waals surface area contributed by atoms with Gasteiger partial charge in [-0.05, 0) is 48.5 Å². The number of hydrogen-bond acceptors (Lipinski definition) is 6. The summed E-state index contributed by atoms with van der Waals surface area (Å²) in [4.78, 5) is 43.7. The molecule has 0 aromatic heterocycles. The van der Waals surface area contributed by atoms with E-state index in [-0.39, 0.29) is 30.1 Å². The van der Waals surface area contributed by atoms with E-state index in [2.05, 4.69) is 10.2 Å². The number of piperazine rings is 1. The molecule has 2 fully saturated rings. The molecule has 1 N–H and O–H groups in total. The Morgan fingerprint density at radius 2 is 1.51 bits per heavy atom. The van der Waals surface area contributed by atoms with Crippen LogP contribution in [-0.4, -0.2) is 87.6 Å². The number of hydrogen-bond donors (Lipinski definition) is 1. The quantitative estimate of drug-likeness (QED) is 0.618. The average molecular weight is 481 g/mol. The number of methoxy groups -OCH3 is 2. The van der Waals surface area contributed by atoms with Gasteiger partial charge in [0.25, 0.3) is 5.91 Å². The van der Waals surface area contributed by atoms with Crippen LogP contribution in [0.15, 0.2) is 48.5 Å². The molecular formula is C26H32N4O5. The number of amides is 3. The van der Waals surface area contributed by atoms with E-state index >= 15 is 0 Å². The van der Waals surface area contributed by atoms with Crippen molar-refractivity contribution in [3.63, 3.8) is 0 Å². The van der Waals surface area contributed by atoms with Crippen molar-refractivity contribution >= 4 is 23.4 Å². The van der Waals surface area contributed by atoms with Crippen LogP contribution in [0.5, 0.6) is 11.5 Å². The van der Waals surface area contributed by atoms with Gasteiger partial charge in [0.15, 0.2) is 0 Å². The van der Waals surface area contributed by atoms with E-state index in [9.17, 15) is 14.4 Å². The van der Waals surface area contributed by atoms with Crippen molar-refractivity contribution in [1.29, 1.82) is 0 Å². The molecule has 0 aliphatic carbocycles. The second-order valence-electron chi connectivity index (χ2n) is 8.75. The molecule has 186 valence electrons. The van der Waals surface area contributed by atoms with E-state index in [4.69, 9.17) is 9.47 Å². The van der Waals surface area contributed by atoms with Crippen molar-refractivity contribution in [2.24, 2.45) is 5.92 Å². The van der Waals surface area contributed by atoms with Crippen LogP contribution in [0, 0.1) is 5.92 Å². The highest BCUT2D eigenvalue weighted by Gasteiger charge is 2.37. The first kappa shape index (κ1) is 24.5. The summed E-state index contributed by atoms with van der Waals surface area (Å²) in [5, 5.41) is 2.94. The molecule has 9 heteroatoms. The Hall–Kier alpha value is -3.59. The van der Waals surface area contributed by atoms with Gasteiger partial charge < -0.3 is 24.6 Å². The van der Waals surface area contributed by atoms with Gasteiger partial charge in [0.2, 0.25) is 11.8 Å².